The lowest BCUT2D eigenvalue weighted by molar-refractivity contribution is 0.0985. The van der Waals surface area contributed by atoms with Gasteiger partial charge in [0.25, 0.3) is 0 Å². The Bertz CT molecular complexity index is 1420. The number of rotatable bonds is 6. The van der Waals surface area contributed by atoms with Crippen molar-refractivity contribution in [1.82, 2.24) is 29.7 Å². The molecule has 2 fully saturated rings. The van der Waals surface area contributed by atoms with Crippen LogP contribution in [0.2, 0.25) is 0 Å². The summed E-state index contributed by atoms with van der Waals surface area (Å²) in [5.74, 6) is 1.07. The summed E-state index contributed by atoms with van der Waals surface area (Å²) in [6, 6.07) is 1.37. The van der Waals surface area contributed by atoms with Crippen LogP contribution in [0.15, 0.2) is 30.9 Å². The number of hydrogen-bond donors (Lipinski definition) is 2. The number of nitrogens with one attached hydrogen (secondary N) is 2. The van der Waals surface area contributed by atoms with E-state index in [0.29, 0.717) is 61.2 Å². The lowest BCUT2D eigenvalue weighted by atomic mass is 10.0. The molecule has 0 bridgehead atoms. The summed E-state index contributed by atoms with van der Waals surface area (Å²) in [7, 11) is -1.70. The molecule has 0 unspecified atom stereocenters. The van der Waals surface area contributed by atoms with Crippen molar-refractivity contribution in [2.45, 2.75) is 43.4 Å². The first-order chi connectivity index (χ1) is 18.1. The van der Waals surface area contributed by atoms with Crippen LogP contribution < -0.4 is 15.5 Å². The molecule has 0 aromatic carbocycles. The van der Waals surface area contributed by atoms with Crippen molar-refractivity contribution >= 4 is 33.3 Å². The molecule has 3 aromatic rings. The number of anilines is 3. The zero-order valence-corrected chi connectivity index (χ0v) is 22.4. The van der Waals surface area contributed by atoms with Gasteiger partial charge in [0.05, 0.1) is 42.4 Å². The number of aryl methyl sites for hydroxylation is 1. The van der Waals surface area contributed by atoms with Crippen LogP contribution in [0, 0.1) is 0 Å². The van der Waals surface area contributed by atoms with Crippen LogP contribution in [-0.2, 0) is 26.4 Å². The van der Waals surface area contributed by atoms with Gasteiger partial charge in [-0.05, 0) is 19.8 Å². The summed E-state index contributed by atoms with van der Waals surface area (Å²) in [4.78, 5) is 32.5. The highest BCUT2D eigenvalue weighted by Gasteiger charge is 2.47. The monoisotopic (exact) mass is 541 g/mol. The lowest BCUT2D eigenvalue weighted by Gasteiger charge is -2.35. The molecule has 0 spiro atoms. The zero-order chi connectivity index (χ0) is 26.9. The largest absolute Gasteiger partial charge is 0.377 e. The molecule has 0 radical (unpaired) electrons. The van der Waals surface area contributed by atoms with E-state index in [4.69, 9.17) is 14.7 Å². The first-order valence-corrected chi connectivity index (χ1v) is 14.4. The molecular formula is C24H31N9O4S. The van der Waals surface area contributed by atoms with Crippen molar-refractivity contribution in [3.05, 3.63) is 36.5 Å². The second-order valence-corrected chi connectivity index (χ2v) is 12.1. The van der Waals surface area contributed by atoms with Gasteiger partial charge in [-0.2, -0.15) is 5.10 Å². The van der Waals surface area contributed by atoms with Crippen LogP contribution in [-0.4, -0.2) is 76.2 Å². The molecular weight excluding hydrogens is 510 g/mol. The average Bonchev–Trinajstić information content (AvgIpc) is 3.54. The van der Waals surface area contributed by atoms with E-state index in [9.17, 15) is 13.2 Å². The Labute approximate surface area is 221 Å². The molecule has 38 heavy (non-hydrogen) atoms. The molecule has 3 aromatic heterocycles. The van der Waals surface area contributed by atoms with E-state index >= 15 is 0 Å². The molecule has 4 heterocycles. The van der Waals surface area contributed by atoms with Crippen LogP contribution in [0.4, 0.5) is 22.2 Å². The van der Waals surface area contributed by atoms with Gasteiger partial charge in [-0.1, -0.05) is 12.8 Å². The predicted molar refractivity (Wildman–Crippen MR) is 142 cm³/mol. The Morgan fingerprint density at radius 3 is 2.50 bits per heavy atom. The molecule has 202 valence electrons. The van der Waals surface area contributed by atoms with Crippen LogP contribution >= 0.6 is 0 Å². The van der Waals surface area contributed by atoms with Crippen LogP contribution in [0.5, 0.6) is 0 Å². The van der Waals surface area contributed by atoms with E-state index in [-0.39, 0.29) is 12.0 Å². The van der Waals surface area contributed by atoms with E-state index in [1.807, 2.05) is 13.0 Å². The molecule has 5 rings (SSSR count). The fourth-order valence-corrected chi connectivity index (χ4v) is 6.55. The smallest absolute Gasteiger partial charge is 0.326 e. The first kappa shape index (κ1) is 26.0. The number of carbonyl (C=O) groups is 1. The quantitative estimate of drug-likeness (QED) is 0.475. The van der Waals surface area contributed by atoms with E-state index in [0.717, 1.165) is 12.8 Å². The summed E-state index contributed by atoms with van der Waals surface area (Å²) in [6.45, 7) is 3.79. The number of sulfone groups is 1. The van der Waals surface area contributed by atoms with Gasteiger partial charge < -0.3 is 15.0 Å². The second kappa shape index (κ2) is 10.3. The molecule has 2 aliphatic rings. The summed E-state index contributed by atoms with van der Waals surface area (Å²) >= 11 is 0. The highest BCUT2D eigenvalue weighted by molar-refractivity contribution is 7.91. The third-order valence-corrected chi connectivity index (χ3v) is 9.10. The second-order valence-electron chi connectivity index (χ2n) is 9.80. The van der Waals surface area contributed by atoms with Gasteiger partial charge in [0.2, 0.25) is 5.95 Å². The minimum atomic E-state index is -3.45. The SMILES string of the molecule is C[C@H]1COCCN1c1cc(C2(S(C)(=O)=O)CCCC2)nc(-c2cnc(NC(=O)Nc3cnn(C)c3)nc2)n1. The number of ether oxygens (including phenoxy) is 1. The molecule has 13 nitrogen and oxygen atoms in total. The highest BCUT2D eigenvalue weighted by atomic mass is 32.2. The zero-order valence-electron chi connectivity index (χ0n) is 21.6. The Kier molecular flexibility index (Phi) is 7.01. The number of hydrogen-bond acceptors (Lipinski definition) is 10. The maximum absolute atomic E-state index is 13.1. The molecule has 1 atom stereocenters. The number of morpholine rings is 1. The van der Waals surface area contributed by atoms with Gasteiger partial charge >= 0.3 is 6.03 Å². The Hall–Kier alpha value is -3.65. The van der Waals surface area contributed by atoms with Gasteiger partial charge in [0, 0.05) is 44.5 Å². The molecule has 1 aliphatic carbocycles. The number of carbonyl (C=O) groups excluding carboxylic acids is 1. The molecule has 1 saturated heterocycles. The first-order valence-electron chi connectivity index (χ1n) is 12.5. The number of aromatic nitrogens is 6. The van der Waals surface area contributed by atoms with Crippen molar-refractivity contribution in [2.24, 2.45) is 7.05 Å². The van der Waals surface area contributed by atoms with Crippen LogP contribution in [0.1, 0.15) is 38.3 Å². The van der Waals surface area contributed by atoms with Gasteiger partial charge in [-0.15, -0.1) is 0 Å². The number of urea groups is 1. The summed E-state index contributed by atoms with van der Waals surface area (Å²) < 4.78 is 32.2. The third kappa shape index (κ3) is 5.18. The third-order valence-electron chi connectivity index (χ3n) is 7.06. The average molecular weight is 542 g/mol. The summed E-state index contributed by atoms with van der Waals surface area (Å²) in [5.41, 5.74) is 1.53. The topological polar surface area (TPSA) is 157 Å². The van der Waals surface area contributed by atoms with Crippen molar-refractivity contribution < 1.29 is 17.9 Å². The predicted octanol–water partition coefficient (Wildman–Crippen LogP) is 2.35. The molecule has 14 heteroatoms. The summed E-state index contributed by atoms with van der Waals surface area (Å²) in [5, 5.41) is 9.23. The summed E-state index contributed by atoms with van der Waals surface area (Å²) in [6.07, 6.45) is 10.2. The highest BCUT2D eigenvalue weighted by Crippen LogP contribution is 2.45. The van der Waals surface area contributed by atoms with E-state index in [1.165, 1.54) is 24.8 Å². The van der Waals surface area contributed by atoms with Crippen molar-refractivity contribution in [1.29, 1.82) is 0 Å². The fourth-order valence-electron chi connectivity index (χ4n) is 5.03. The molecule has 1 aliphatic heterocycles. The minimum absolute atomic E-state index is 0.0678. The van der Waals surface area contributed by atoms with E-state index in [2.05, 4.69) is 30.6 Å². The number of amides is 2. The van der Waals surface area contributed by atoms with Crippen molar-refractivity contribution in [2.75, 3.05) is 41.5 Å². The van der Waals surface area contributed by atoms with Gasteiger partial charge in [0.1, 0.15) is 10.6 Å². The van der Waals surface area contributed by atoms with Gasteiger partial charge in [-0.3, -0.25) is 10.00 Å². The number of nitrogens with zero attached hydrogens (tertiary/aromatic N) is 7. The Balaban J connectivity index is 1.47. The van der Waals surface area contributed by atoms with Gasteiger partial charge in [0.15, 0.2) is 15.7 Å². The normalized spacial score (nSPS) is 19.3. The van der Waals surface area contributed by atoms with Crippen LogP contribution in [0.25, 0.3) is 11.4 Å². The van der Waals surface area contributed by atoms with Crippen molar-refractivity contribution in [3.63, 3.8) is 0 Å². The molecule has 2 N–H and O–H groups in total. The van der Waals surface area contributed by atoms with E-state index < -0.39 is 20.6 Å². The van der Waals surface area contributed by atoms with Crippen LogP contribution in [0.3, 0.4) is 0 Å². The maximum Gasteiger partial charge on any atom is 0.326 e. The van der Waals surface area contributed by atoms with Gasteiger partial charge in [-0.25, -0.2) is 33.1 Å². The van der Waals surface area contributed by atoms with Crippen molar-refractivity contribution in [3.8, 4) is 11.4 Å². The standard InChI is InChI=1S/C24H31N9O4S/c1-16-15-37-9-8-33(16)20-10-19(24(38(3,35)36)6-4-5-7-24)29-21(30-20)17-11-25-22(26-12-17)31-23(34)28-18-13-27-32(2)14-18/h10-14,16H,4-9,15H2,1-3H3,(H2,25,26,28,31,34)/t16-/m0/s1. The fraction of sp³-hybridized carbons (Fsp3) is 0.500. The Morgan fingerprint density at radius 1 is 1.13 bits per heavy atom. The minimum Gasteiger partial charge on any atom is -0.377 e. The molecule has 1 saturated carbocycles. The molecule has 2 amide bonds. The lowest BCUT2D eigenvalue weighted by Crippen LogP contribution is -2.44. The maximum atomic E-state index is 13.1. The Morgan fingerprint density at radius 2 is 1.87 bits per heavy atom. The van der Waals surface area contributed by atoms with E-state index in [1.54, 1.807) is 17.9 Å².